The van der Waals surface area contributed by atoms with E-state index in [1.54, 1.807) is 4.90 Å². The maximum Gasteiger partial charge on any atom is 0.266 e. The maximum absolute atomic E-state index is 12.6. The van der Waals surface area contributed by atoms with Gasteiger partial charge in [-0.15, -0.1) is 11.3 Å². The molecule has 1 amide bonds. The SMILES string of the molecule is CCN(CCO)C(=O)c1sccc1-n1c(C)ccc1C. The molecule has 0 aliphatic carbocycles. The van der Waals surface area contributed by atoms with E-state index in [4.69, 9.17) is 5.11 Å². The second-order valence-corrected chi connectivity index (χ2v) is 5.61. The molecule has 0 saturated heterocycles. The van der Waals surface area contributed by atoms with Crippen molar-refractivity contribution >= 4 is 17.2 Å². The Balaban J connectivity index is 2.41. The molecule has 0 spiro atoms. The number of carbonyl (C=O) groups excluding carboxylic acids is 1. The van der Waals surface area contributed by atoms with Crippen molar-refractivity contribution in [2.75, 3.05) is 19.7 Å². The summed E-state index contributed by atoms with van der Waals surface area (Å²) in [6.45, 7) is 6.94. The minimum Gasteiger partial charge on any atom is -0.395 e. The van der Waals surface area contributed by atoms with Crippen molar-refractivity contribution in [2.45, 2.75) is 20.8 Å². The van der Waals surface area contributed by atoms with E-state index in [1.165, 1.54) is 11.3 Å². The highest BCUT2D eigenvalue weighted by molar-refractivity contribution is 7.12. The Morgan fingerprint density at radius 2 is 1.95 bits per heavy atom. The van der Waals surface area contributed by atoms with Crippen LogP contribution < -0.4 is 0 Å². The summed E-state index contributed by atoms with van der Waals surface area (Å²) in [5.74, 6) is -0.0148. The van der Waals surface area contributed by atoms with Crippen LogP contribution in [-0.2, 0) is 0 Å². The molecule has 0 radical (unpaired) electrons. The maximum atomic E-state index is 12.6. The molecular weight excluding hydrogens is 272 g/mol. The number of rotatable bonds is 5. The monoisotopic (exact) mass is 292 g/mol. The van der Waals surface area contributed by atoms with Gasteiger partial charge in [-0.3, -0.25) is 4.79 Å². The minimum atomic E-state index is -0.0148. The first-order chi connectivity index (χ1) is 9.60. The van der Waals surface area contributed by atoms with E-state index in [-0.39, 0.29) is 12.5 Å². The summed E-state index contributed by atoms with van der Waals surface area (Å²) in [5, 5.41) is 11.0. The molecule has 20 heavy (non-hydrogen) atoms. The lowest BCUT2D eigenvalue weighted by Gasteiger charge is -2.20. The van der Waals surface area contributed by atoms with Crippen LogP contribution in [0.15, 0.2) is 23.6 Å². The van der Waals surface area contributed by atoms with Crippen molar-refractivity contribution in [3.63, 3.8) is 0 Å². The number of aliphatic hydroxyl groups excluding tert-OH is 1. The zero-order chi connectivity index (χ0) is 14.7. The molecule has 2 aromatic rings. The molecule has 0 bridgehead atoms. The van der Waals surface area contributed by atoms with Crippen LogP contribution in [-0.4, -0.2) is 40.2 Å². The molecule has 4 nitrogen and oxygen atoms in total. The molecule has 0 fully saturated rings. The van der Waals surface area contributed by atoms with Crippen LogP contribution in [0, 0.1) is 13.8 Å². The van der Waals surface area contributed by atoms with E-state index in [0.717, 1.165) is 22.0 Å². The Kier molecular flexibility index (Phi) is 4.62. The molecule has 5 heteroatoms. The largest absolute Gasteiger partial charge is 0.395 e. The van der Waals surface area contributed by atoms with Crippen LogP contribution in [0.5, 0.6) is 0 Å². The second kappa shape index (κ2) is 6.24. The van der Waals surface area contributed by atoms with Gasteiger partial charge in [-0.05, 0) is 44.4 Å². The third-order valence-corrected chi connectivity index (χ3v) is 4.28. The van der Waals surface area contributed by atoms with Gasteiger partial charge >= 0.3 is 0 Å². The Hall–Kier alpha value is -1.59. The first-order valence-corrected chi connectivity index (χ1v) is 7.61. The smallest absolute Gasteiger partial charge is 0.266 e. The second-order valence-electron chi connectivity index (χ2n) is 4.69. The van der Waals surface area contributed by atoms with Gasteiger partial charge in [0.1, 0.15) is 4.88 Å². The van der Waals surface area contributed by atoms with Gasteiger partial charge < -0.3 is 14.6 Å². The summed E-state index contributed by atoms with van der Waals surface area (Å²) in [7, 11) is 0. The molecule has 0 unspecified atom stereocenters. The highest BCUT2D eigenvalue weighted by Crippen LogP contribution is 2.26. The van der Waals surface area contributed by atoms with Crippen molar-refractivity contribution in [1.29, 1.82) is 0 Å². The summed E-state index contributed by atoms with van der Waals surface area (Å²) < 4.78 is 2.09. The van der Waals surface area contributed by atoms with Gasteiger partial charge in [-0.25, -0.2) is 0 Å². The topological polar surface area (TPSA) is 45.5 Å². The fraction of sp³-hybridized carbons (Fsp3) is 0.400. The van der Waals surface area contributed by atoms with Crippen LogP contribution >= 0.6 is 11.3 Å². The van der Waals surface area contributed by atoms with E-state index in [9.17, 15) is 4.79 Å². The number of thiophene rings is 1. The van der Waals surface area contributed by atoms with Gasteiger partial charge in [0.25, 0.3) is 5.91 Å². The van der Waals surface area contributed by atoms with Crippen molar-refractivity contribution in [3.05, 3.63) is 39.8 Å². The number of carbonyl (C=O) groups is 1. The van der Waals surface area contributed by atoms with E-state index >= 15 is 0 Å². The molecule has 0 aliphatic rings. The minimum absolute atomic E-state index is 0.0120. The fourth-order valence-electron chi connectivity index (χ4n) is 2.35. The Morgan fingerprint density at radius 1 is 1.30 bits per heavy atom. The van der Waals surface area contributed by atoms with Crippen LogP contribution in [0.4, 0.5) is 0 Å². The third kappa shape index (κ3) is 2.64. The zero-order valence-corrected chi connectivity index (χ0v) is 12.9. The quantitative estimate of drug-likeness (QED) is 0.920. The number of hydrogen-bond donors (Lipinski definition) is 1. The summed E-state index contributed by atoms with van der Waals surface area (Å²) in [5.41, 5.74) is 3.15. The number of nitrogens with zero attached hydrogens (tertiary/aromatic N) is 2. The van der Waals surface area contributed by atoms with Crippen molar-refractivity contribution in [3.8, 4) is 5.69 Å². The Labute approximate surface area is 123 Å². The molecule has 0 aliphatic heterocycles. The summed E-state index contributed by atoms with van der Waals surface area (Å²) >= 11 is 1.45. The van der Waals surface area contributed by atoms with E-state index in [0.29, 0.717) is 13.1 Å². The van der Waals surface area contributed by atoms with Gasteiger partial charge in [0.15, 0.2) is 0 Å². The highest BCUT2D eigenvalue weighted by atomic mass is 32.1. The zero-order valence-electron chi connectivity index (χ0n) is 12.1. The number of amides is 1. The molecule has 0 aromatic carbocycles. The van der Waals surface area contributed by atoms with E-state index < -0.39 is 0 Å². The van der Waals surface area contributed by atoms with Gasteiger partial charge in [-0.2, -0.15) is 0 Å². The molecular formula is C15H20N2O2S. The standard InChI is InChI=1S/C15H20N2O2S/c1-4-16(8-9-18)15(19)14-13(7-10-20-14)17-11(2)5-6-12(17)3/h5-7,10,18H,4,8-9H2,1-3H3. The lowest BCUT2D eigenvalue weighted by molar-refractivity contribution is 0.0737. The van der Waals surface area contributed by atoms with Crippen molar-refractivity contribution in [1.82, 2.24) is 9.47 Å². The lowest BCUT2D eigenvalue weighted by Crippen LogP contribution is -2.33. The number of aromatic nitrogens is 1. The molecule has 2 aromatic heterocycles. The summed E-state index contributed by atoms with van der Waals surface area (Å²) in [4.78, 5) is 15.0. The molecule has 2 rings (SSSR count). The number of hydrogen-bond acceptors (Lipinski definition) is 3. The highest BCUT2D eigenvalue weighted by Gasteiger charge is 2.20. The van der Waals surface area contributed by atoms with Crippen LogP contribution in [0.1, 0.15) is 28.0 Å². The molecule has 108 valence electrons. The Bertz CT molecular complexity index is 581. The van der Waals surface area contributed by atoms with Crippen molar-refractivity contribution < 1.29 is 9.90 Å². The third-order valence-electron chi connectivity index (χ3n) is 3.39. The van der Waals surface area contributed by atoms with Gasteiger partial charge in [-0.1, -0.05) is 0 Å². The summed E-state index contributed by atoms with van der Waals surface area (Å²) in [6.07, 6.45) is 0. The normalized spacial score (nSPS) is 10.8. The molecule has 2 heterocycles. The predicted molar refractivity (Wildman–Crippen MR) is 81.8 cm³/mol. The molecule has 0 saturated carbocycles. The average molecular weight is 292 g/mol. The predicted octanol–water partition coefficient (Wildman–Crippen LogP) is 2.61. The van der Waals surface area contributed by atoms with E-state index in [1.807, 2.05) is 44.4 Å². The first-order valence-electron chi connectivity index (χ1n) is 6.73. The average Bonchev–Trinajstić information content (AvgIpc) is 3.02. The van der Waals surface area contributed by atoms with E-state index in [2.05, 4.69) is 4.57 Å². The van der Waals surface area contributed by atoms with Crippen molar-refractivity contribution in [2.24, 2.45) is 0 Å². The Morgan fingerprint density at radius 3 is 2.50 bits per heavy atom. The number of aliphatic hydroxyl groups is 1. The van der Waals surface area contributed by atoms with Crippen LogP contribution in [0.2, 0.25) is 0 Å². The van der Waals surface area contributed by atoms with Crippen LogP contribution in [0.25, 0.3) is 5.69 Å². The van der Waals surface area contributed by atoms with Gasteiger partial charge in [0, 0.05) is 24.5 Å². The first kappa shape index (κ1) is 14.8. The number of aryl methyl sites for hydroxylation is 2. The number of likely N-dealkylation sites (N-methyl/N-ethyl adjacent to an activating group) is 1. The van der Waals surface area contributed by atoms with Gasteiger partial charge in [0.05, 0.1) is 12.3 Å². The van der Waals surface area contributed by atoms with Crippen LogP contribution in [0.3, 0.4) is 0 Å². The molecule has 1 N–H and O–H groups in total. The molecule has 0 atom stereocenters. The van der Waals surface area contributed by atoms with Gasteiger partial charge in [0.2, 0.25) is 0 Å². The summed E-state index contributed by atoms with van der Waals surface area (Å²) in [6, 6.07) is 6.07. The lowest BCUT2D eigenvalue weighted by atomic mass is 10.3. The fourth-order valence-corrected chi connectivity index (χ4v) is 3.20.